The predicted molar refractivity (Wildman–Crippen MR) is 156 cm³/mol. The molecule has 2 aromatic heterocycles. The molecule has 0 bridgehead atoms. The summed E-state index contributed by atoms with van der Waals surface area (Å²) in [4.78, 5) is 83.5. The van der Waals surface area contributed by atoms with Crippen molar-refractivity contribution in [3.05, 3.63) is 54.5 Å². The van der Waals surface area contributed by atoms with Crippen molar-refractivity contribution >= 4 is 69.4 Å². The van der Waals surface area contributed by atoms with Crippen LogP contribution in [0.5, 0.6) is 0 Å². The van der Waals surface area contributed by atoms with Crippen LogP contribution >= 0.6 is 34.9 Å². The van der Waals surface area contributed by atoms with Crippen molar-refractivity contribution in [3.8, 4) is 0 Å². The van der Waals surface area contributed by atoms with Crippen LogP contribution in [0.1, 0.15) is 5.69 Å². The smallest absolute Gasteiger partial charge is 0.352 e. The summed E-state index contributed by atoms with van der Waals surface area (Å²) in [7, 11) is 1.24. The molecule has 2 aliphatic rings. The molecule has 43 heavy (non-hydrogen) atoms. The number of carbonyl (C=O) groups excluding carboxylic acids is 3. The number of amides is 3. The molecule has 1 fully saturated rings. The van der Waals surface area contributed by atoms with Crippen LogP contribution in [0, 0.1) is 0 Å². The predicted octanol–water partition coefficient (Wildman–Crippen LogP) is -2.56. The number of thioether (sulfide) groups is 2. The molecule has 0 saturated carbocycles. The van der Waals surface area contributed by atoms with Gasteiger partial charge in [0, 0.05) is 24.2 Å². The number of H-pyrrole nitrogens is 1. The van der Waals surface area contributed by atoms with Gasteiger partial charge in [0.1, 0.15) is 29.9 Å². The summed E-state index contributed by atoms with van der Waals surface area (Å²) in [6.07, 6.45) is 1.45. The molecule has 4 rings (SSSR count). The van der Waals surface area contributed by atoms with Crippen molar-refractivity contribution in [2.75, 3.05) is 31.7 Å². The number of nitrogen functional groups attached to an aromatic ring is 1. The molecule has 2 aromatic rings. The van der Waals surface area contributed by atoms with Crippen LogP contribution in [-0.2, 0) is 30.6 Å². The molecule has 0 aromatic carbocycles. The summed E-state index contributed by atoms with van der Waals surface area (Å²) in [6, 6.07) is -1.04. The van der Waals surface area contributed by atoms with Crippen molar-refractivity contribution in [1.82, 2.24) is 35.3 Å². The third kappa shape index (κ3) is 6.79. The Morgan fingerprint density at radius 2 is 2.12 bits per heavy atom. The van der Waals surface area contributed by atoms with Gasteiger partial charge in [-0.15, -0.1) is 28.2 Å². The van der Waals surface area contributed by atoms with Gasteiger partial charge in [0.15, 0.2) is 16.0 Å². The summed E-state index contributed by atoms with van der Waals surface area (Å²) < 4.78 is 1.05. The van der Waals surface area contributed by atoms with E-state index in [-0.39, 0.29) is 58.4 Å². The quantitative estimate of drug-likeness (QED) is 0.0453. The summed E-state index contributed by atoms with van der Waals surface area (Å²) in [5.74, 6) is -3.04. The van der Waals surface area contributed by atoms with Gasteiger partial charge < -0.3 is 32.0 Å². The van der Waals surface area contributed by atoms with Gasteiger partial charge in [-0.1, -0.05) is 16.9 Å². The third-order valence-electron chi connectivity index (χ3n) is 5.86. The molecule has 8 N–H and O–H groups in total. The van der Waals surface area contributed by atoms with Crippen molar-refractivity contribution in [2.45, 2.75) is 23.1 Å². The van der Waals surface area contributed by atoms with Crippen LogP contribution in [0.2, 0.25) is 0 Å². The molecular weight excluding hydrogens is 629 g/mol. The first-order chi connectivity index (χ1) is 20.6. The number of β-lactam (4-membered cyclic amide) rings is 1. The number of carbonyl (C=O) groups is 4. The number of nitrogens with zero attached hydrogens (tertiary/aromatic N) is 5. The minimum Gasteiger partial charge on any atom is -0.477 e. The summed E-state index contributed by atoms with van der Waals surface area (Å²) in [5, 5.41) is 27.1. The van der Waals surface area contributed by atoms with Gasteiger partial charge >= 0.3 is 17.1 Å². The summed E-state index contributed by atoms with van der Waals surface area (Å²) in [6.45, 7) is -0.304. The standard InChI is InChI=1S/C22H24N10O8S3/c1-40-30-12(10-8-43-21(24)26-10)15(34)27-13-17(36)32-14(20(38)39)9(7-42-19(13)32)2-5-41-22-29-28-16(35)18(37)31(22)4-3-25-11(33)6-23/h2,5,8,13,19H,3-4,6-7,23H2,1H3,(H2,24,26)(H,25,33)(H,27,34)(H,28,35)(H,38,39). The van der Waals surface area contributed by atoms with Crippen LogP contribution in [0.3, 0.4) is 0 Å². The number of aromatic amines is 1. The number of rotatable bonds is 12. The van der Waals surface area contributed by atoms with E-state index in [0.717, 1.165) is 32.6 Å². The van der Waals surface area contributed by atoms with Gasteiger partial charge in [-0.05, 0) is 17.1 Å². The van der Waals surface area contributed by atoms with Crippen LogP contribution in [0.4, 0.5) is 5.13 Å². The fourth-order valence-corrected chi connectivity index (χ4v) is 6.55. The van der Waals surface area contributed by atoms with Gasteiger partial charge in [0.2, 0.25) is 5.91 Å². The second kappa shape index (κ2) is 13.7. The zero-order valence-corrected chi connectivity index (χ0v) is 24.6. The van der Waals surface area contributed by atoms with Crippen LogP contribution in [0.25, 0.3) is 0 Å². The number of oxime groups is 1. The van der Waals surface area contributed by atoms with Crippen molar-refractivity contribution in [1.29, 1.82) is 0 Å². The number of thiazole rings is 1. The minimum atomic E-state index is -1.36. The van der Waals surface area contributed by atoms with Gasteiger partial charge in [-0.25, -0.2) is 14.9 Å². The number of hydrogen-bond donors (Lipinski definition) is 6. The molecule has 0 aliphatic carbocycles. The molecule has 228 valence electrons. The zero-order chi connectivity index (χ0) is 31.3. The third-order valence-corrected chi connectivity index (χ3v) is 8.63. The number of hydrogen-bond acceptors (Lipinski definition) is 15. The van der Waals surface area contributed by atoms with E-state index in [1.807, 2.05) is 0 Å². The number of aromatic nitrogens is 4. The second-order valence-electron chi connectivity index (χ2n) is 8.50. The molecule has 2 aliphatic heterocycles. The molecule has 0 radical (unpaired) electrons. The first kappa shape index (κ1) is 31.5. The van der Waals surface area contributed by atoms with Crippen LogP contribution < -0.4 is 33.2 Å². The van der Waals surface area contributed by atoms with Crippen molar-refractivity contribution in [2.24, 2.45) is 10.9 Å². The molecule has 21 heteroatoms. The van der Waals surface area contributed by atoms with Gasteiger partial charge in [-0.3, -0.25) is 33.4 Å². The van der Waals surface area contributed by atoms with Crippen molar-refractivity contribution in [3.63, 3.8) is 0 Å². The Kier molecular flexibility index (Phi) is 10.0. The van der Waals surface area contributed by atoms with Crippen molar-refractivity contribution < 1.29 is 29.1 Å². The lowest BCUT2D eigenvalue weighted by molar-refractivity contribution is -0.150. The van der Waals surface area contributed by atoms with E-state index in [4.69, 9.17) is 16.3 Å². The Morgan fingerprint density at radius 3 is 2.77 bits per heavy atom. The lowest BCUT2D eigenvalue weighted by atomic mass is 10.0. The summed E-state index contributed by atoms with van der Waals surface area (Å²) in [5.41, 5.74) is 8.99. The van der Waals surface area contributed by atoms with E-state index < -0.39 is 46.2 Å². The average molecular weight is 653 g/mol. The molecule has 18 nitrogen and oxygen atoms in total. The number of carboxylic acid groups (broad SMARTS) is 1. The number of anilines is 1. The number of nitrogens with one attached hydrogen (secondary N) is 3. The topological polar surface area (TPSA) is 270 Å². The van der Waals surface area contributed by atoms with E-state index in [0.29, 0.717) is 0 Å². The van der Waals surface area contributed by atoms with E-state index in [2.05, 4.69) is 31.0 Å². The maximum atomic E-state index is 13.0. The van der Waals surface area contributed by atoms with Crippen LogP contribution in [0.15, 0.2) is 48.0 Å². The maximum absolute atomic E-state index is 13.0. The molecule has 0 spiro atoms. The number of nitrogens with two attached hydrogens (primary N) is 2. The Bertz CT molecular complexity index is 1660. The number of aliphatic carboxylic acids is 1. The largest absolute Gasteiger partial charge is 0.477 e. The average Bonchev–Trinajstić information content (AvgIpc) is 3.42. The second-order valence-corrected chi connectivity index (χ2v) is 11.4. The fraction of sp³-hybridized carbons (Fsp3) is 0.318. The highest BCUT2D eigenvalue weighted by molar-refractivity contribution is 8.02. The molecule has 4 heterocycles. The zero-order valence-electron chi connectivity index (χ0n) is 22.1. The normalized spacial score (nSPS) is 18.3. The molecule has 3 amide bonds. The lowest BCUT2D eigenvalue weighted by Gasteiger charge is -2.49. The van der Waals surface area contributed by atoms with E-state index in [9.17, 15) is 33.9 Å². The highest BCUT2D eigenvalue weighted by Crippen LogP contribution is 2.41. The highest BCUT2D eigenvalue weighted by atomic mass is 32.2. The molecule has 1 saturated heterocycles. The van der Waals surface area contributed by atoms with Gasteiger partial charge in [0.05, 0.1) is 6.54 Å². The fourth-order valence-electron chi connectivity index (χ4n) is 3.93. The van der Waals surface area contributed by atoms with E-state index in [1.165, 1.54) is 35.7 Å². The number of fused-ring (bicyclic) bond motifs is 1. The Labute approximate surface area is 253 Å². The summed E-state index contributed by atoms with van der Waals surface area (Å²) >= 11 is 3.22. The maximum Gasteiger partial charge on any atom is 0.352 e. The van der Waals surface area contributed by atoms with Crippen LogP contribution in [-0.4, -0.2) is 96.5 Å². The molecule has 2 unspecified atom stereocenters. The lowest BCUT2D eigenvalue weighted by Crippen LogP contribution is -2.71. The SMILES string of the molecule is CON=C(C(=O)NC1C(=O)N2C(C(=O)O)=C(C=CSc3n[nH]c(=O)c(=O)n3CCNC(=O)CN)CSC12)c1csc(N)n1. The monoisotopic (exact) mass is 652 g/mol. The number of allylic oxidation sites excluding steroid dienone is 1. The molecular formula is C22H24N10O8S3. The Balaban J connectivity index is 1.49. The number of carboxylic acids is 1. The van der Waals surface area contributed by atoms with Gasteiger partial charge in [-0.2, -0.15) is 0 Å². The minimum absolute atomic E-state index is 0.0100. The Morgan fingerprint density at radius 1 is 1.35 bits per heavy atom. The highest BCUT2D eigenvalue weighted by Gasteiger charge is 2.54. The first-order valence-corrected chi connectivity index (χ1v) is 14.9. The van der Waals surface area contributed by atoms with E-state index in [1.54, 1.807) is 0 Å². The first-order valence-electron chi connectivity index (χ1n) is 12.1. The molecule has 2 atom stereocenters. The Hall–Kier alpha value is -4.47. The van der Waals surface area contributed by atoms with E-state index >= 15 is 0 Å². The van der Waals surface area contributed by atoms with Gasteiger partial charge in [0.25, 0.3) is 11.8 Å².